The maximum absolute atomic E-state index is 12.9. The number of carbonyl (C=O) groups excluding carboxylic acids is 1. The molecule has 2 aromatic rings. The summed E-state index contributed by atoms with van der Waals surface area (Å²) in [6, 6.07) is 5.83. The maximum Gasteiger partial charge on any atom is 0.284 e. The first-order chi connectivity index (χ1) is 9.56. The van der Waals surface area contributed by atoms with Gasteiger partial charge in [-0.3, -0.25) is 4.79 Å². The summed E-state index contributed by atoms with van der Waals surface area (Å²) >= 11 is 6.64. The predicted octanol–water partition coefficient (Wildman–Crippen LogP) is 2.48. The van der Waals surface area contributed by atoms with Crippen LogP contribution in [0.3, 0.4) is 0 Å². The Morgan fingerprint density at radius 2 is 2.30 bits per heavy atom. The van der Waals surface area contributed by atoms with E-state index in [0.717, 1.165) is 11.3 Å². The molecule has 0 aliphatic rings. The van der Waals surface area contributed by atoms with E-state index < -0.39 is 0 Å². The zero-order valence-electron chi connectivity index (χ0n) is 10.5. The largest absolute Gasteiger partial charge is 0.492 e. The molecule has 0 unspecified atom stereocenters. The van der Waals surface area contributed by atoms with Crippen molar-refractivity contribution in [2.24, 2.45) is 0 Å². The van der Waals surface area contributed by atoms with E-state index in [2.05, 4.69) is 10.2 Å². The molecule has 0 spiro atoms. The maximum atomic E-state index is 12.9. The van der Waals surface area contributed by atoms with Crippen LogP contribution in [-0.4, -0.2) is 41.2 Å². The molecule has 0 N–H and O–H groups in total. The van der Waals surface area contributed by atoms with Gasteiger partial charge >= 0.3 is 0 Å². The number of hydrogen-bond acceptors (Lipinski definition) is 5. The van der Waals surface area contributed by atoms with Gasteiger partial charge in [0.15, 0.2) is 0 Å². The number of hydrogen-bond donors (Lipinski definition) is 0. The molecule has 0 fully saturated rings. The Morgan fingerprint density at radius 1 is 1.50 bits per heavy atom. The molecule has 2 rings (SSSR count). The van der Waals surface area contributed by atoms with Crippen LogP contribution in [0.15, 0.2) is 24.3 Å². The van der Waals surface area contributed by atoms with Crippen LogP contribution in [0.1, 0.15) is 9.80 Å². The Labute approximate surface area is 124 Å². The van der Waals surface area contributed by atoms with Crippen molar-refractivity contribution in [1.29, 1.82) is 0 Å². The van der Waals surface area contributed by atoms with E-state index in [1.165, 1.54) is 17.0 Å². The van der Waals surface area contributed by atoms with Crippen LogP contribution in [0.5, 0.6) is 5.75 Å². The lowest BCUT2D eigenvalue weighted by Gasteiger charge is -2.15. The second-order valence-electron chi connectivity index (χ2n) is 3.89. The number of amides is 1. The summed E-state index contributed by atoms with van der Waals surface area (Å²) in [5.74, 6) is -0.225. The molecule has 1 aromatic heterocycles. The highest BCUT2D eigenvalue weighted by Crippen LogP contribution is 2.16. The van der Waals surface area contributed by atoms with Crippen molar-refractivity contribution < 1.29 is 13.9 Å². The normalized spacial score (nSPS) is 10.3. The number of ether oxygens (including phenoxy) is 1. The minimum absolute atomic E-state index is 0.220. The molecular weight excluding hydrogens is 305 g/mol. The minimum atomic E-state index is -0.365. The van der Waals surface area contributed by atoms with Crippen LogP contribution in [0.2, 0.25) is 4.47 Å². The van der Waals surface area contributed by atoms with E-state index in [1.807, 2.05) is 0 Å². The Bertz CT molecular complexity index is 608. The molecule has 0 aliphatic carbocycles. The van der Waals surface area contributed by atoms with Crippen LogP contribution < -0.4 is 4.74 Å². The fourth-order valence-corrected chi connectivity index (χ4v) is 2.24. The van der Waals surface area contributed by atoms with Gasteiger partial charge in [-0.15, -0.1) is 10.2 Å². The molecule has 0 saturated heterocycles. The van der Waals surface area contributed by atoms with Crippen molar-refractivity contribution >= 4 is 28.8 Å². The van der Waals surface area contributed by atoms with Crippen molar-refractivity contribution in [3.8, 4) is 5.75 Å². The second-order valence-corrected chi connectivity index (χ2v) is 5.45. The van der Waals surface area contributed by atoms with Crippen LogP contribution in [-0.2, 0) is 0 Å². The number of benzene rings is 1. The molecule has 0 bridgehead atoms. The van der Waals surface area contributed by atoms with E-state index in [0.29, 0.717) is 12.3 Å². The van der Waals surface area contributed by atoms with E-state index in [4.69, 9.17) is 16.3 Å². The van der Waals surface area contributed by atoms with E-state index >= 15 is 0 Å². The highest BCUT2D eigenvalue weighted by atomic mass is 35.5. The van der Waals surface area contributed by atoms with Gasteiger partial charge in [0.2, 0.25) is 9.47 Å². The van der Waals surface area contributed by atoms with Crippen molar-refractivity contribution in [3.05, 3.63) is 39.6 Å². The van der Waals surface area contributed by atoms with Gasteiger partial charge in [0, 0.05) is 13.1 Å². The first-order valence-electron chi connectivity index (χ1n) is 5.69. The molecule has 1 amide bonds. The summed E-state index contributed by atoms with van der Waals surface area (Å²) in [4.78, 5) is 13.4. The van der Waals surface area contributed by atoms with Crippen molar-refractivity contribution in [1.82, 2.24) is 15.1 Å². The minimum Gasteiger partial charge on any atom is -0.492 e. The first kappa shape index (κ1) is 14.7. The molecule has 0 aliphatic heterocycles. The second kappa shape index (κ2) is 6.62. The molecule has 8 heteroatoms. The van der Waals surface area contributed by atoms with Crippen LogP contribution in [0.25, 0.3) is 0 Å². The molecule has 5 nitrogen and oxygen atoms in total. The van der Waals surface area contributed by atoms with E-state index in [1.54, 1.807) is 19.2 Å². The van der Waals surface area contributed by atoms with Crippen LogP contribution in [0.4, 0.5) is 4.39 Å². The Kier molecular flexibility index (Phi) is 4.86. The average molecular weight is 316 g/mol. The third-order valence-corrected chi connectivity index (χ3v) is 3.43. The third-order valence-electron chi connectivity index (χ3n) is 2.42. The van der Waals surface area contributed by atoms with Gasteiger partial charge < -0.3 is 9.64 Å². The fraction of sp³-hybridized carbons (Fsp3) is 0.250. The van der Waals surface area contributed by atoms with Gasteiger partial charge in [-0.1, -0.05) is 17.4 Å². The van der Waals surface area contributed by atoms with Gasteiger partial charge in [0.25, 0.3) is 5.91 Å². The summed E-state index contributed by atoms with van der Waals surface area (Å²) in [5.41, 5.74) is 0. The number of aromatic nitrogens is 2. The lowest BCUT2D eigenvalue weighted by Crippen LogP contribution is -2.30. The van der Waals surface area contributed by atoms with E-state index in [9.17, 15) is 9.18 Å². The lowest BCUT2D eigenvalue weighted by atomic mass is 10.3. The predicted molar refractivity (Wildman–Crippen MR) is 73.8 cm³/mol. The zero-order valence-corrected chi connectivity index (χ0v) is 12.1. The van der Waals surface area contributed by atoms with Gasteiger partial charge in [0.05, 0.1) is 6.54 Å². The monoisotopic (exact) mass is 315 g/mol. The zero-order chi connectivity index (χ0) is 14.5. The number of rotatable bonds is 5. The first-order valence-corrected chi connectivity index (χ1v) is 6.88. The summed E-state index contributed by atoms with van der Waals surface area (Å²) < 4.78 is 18.5. The molecule has 0 atom stereocenters. The summed E-state index contributed by atoms with van der Waals surface area (Å²) in [5, 5.41) is 7.47. The number of nitrogens with zero attached hydrogens (tertiary/aromatic N) is 3. The molecule has 0 radical (unpaired) electrons. The summed E-state index contributed by atoms with van der Waals surface area (Å²) in [6.45, 7) is 0.588. The number of carbonyl (C=O) groups is 1. The van der Waals surface area contributed by atoms with Crippen LogP contribution in [0, 0.1) is 5.82 Å². The lowest BCUT2D eigenvalue weighted by molar-refractivity contribution is 0.0772. The van der Waals surface area contributed by atoms with Crippen molar-refractivity contribution in [2.45, 2.75) is 0 Å². The molecule has 0 saturated carbocycles. The Morgan fingerprint density at radius 3 is 2.95 bits per heavy atom. The average Bonchev–Trinajstić information content (AvgIpc) is 2.84. The topological polar surface area (TPSA) is 55.3 Å². The number of likely N-dealkylation sites (N-methyl/N-ethyl adjacent to an activating group) is 1. The van der Waals surface area contributed by atoms with Crippen molar-refractivity contribution in [2.75, 3.05) is 20.2 Å². The highest BCUT2D eigenvalue weighted by Gasteiger charge is 2.16. The standard InChI is InChI=1S/C12H11ClFN3O2S/c1-17(11(18)10-15-16-12(13)20-10)5-6-19-9-4-2-3-8(14)7-9/h2-4,7H,5-6H2,1H3. The molecule has 1 heterocycles. The molecular formula is C12H11ClFN3O2S. The SMILES string of the molecule is CN(CCOc1cccc(F)c1)C(=O)c1nnc(Cl)s1. The molecule has 20 heavy (non-hydrogen) atoms. The summed E-state index contributed by atoms with van der Waals surface area (Å²) in [6.07, 6.45) is 0. The van der Waals surface area contributed by atoms with Crippen molar-refractivity contribution in [3.63, 3.8) is 0 Å². The van der Waals surface area contributed by atoms with Crippen LogP contribution >= 0.6 is 22.9 Å². The quantitative estimate of drug-likeness (QED) is 0.850. The van der Waals surface area contributed by atoms with Gasteiger partial charge in [-0.05, 0) is 23.7 Å². The Hall–Kier alpha value is -1.73. The highest BCUT2D eigenvalue weighted by molar-refractivity contribution is 7.17. The Balaban J connectivity index is 1.83. The third kappa shape index (κ3) is 3.88. The summed E-state index contributed by atoms with van der Waals surface area (Å²) in [7, 11) is 1.62. The van der Waals surface area contributed by atoms with Gasteiger partial charge in [0.1, 0.15) is 18.2 Å². The van der Waals surface area contributed by atoms with Gasteiger partial charge in [-0.2, -0.15) is 0 Å². The van der Waals surface area contributed by atoms with Gasteiger partial charge in [-0.25, -0.2) is 4.39 Å². The number of halogens is 2. The molecule has 106 valence electrons. The smallest absolute Gasteiger partial charge is 0.284 e. The fourth-order valence-electron chi connectivity index (χ4n) is 1.41. The molecule has 1 aromatic carbocycles. The van der Waals surface area contributed by atoms with E-state index in [-0.39, 0.29) is 27.8 Å².